The molecule has 4 fully saturated rings. The Labute approximate surface area is 176 Å². The van der Waals surface area contributed by atoms with Crippen molar-refractivity contribution in [2.75, 3.05) is 60.1 Å². The monoisotopic (exact) mass is 409 g/mol. The van der Waals surface area contributed by atoms with Crippen LogP contribution in [0.1, 0.15) is 38.5 Å². The van der Waals surface area contributed by atoms with E-state index in [0.717, 1.165) is 39.0 Å². The fourth-order valence-electron chi connectivity index (χ4n) is 5.59. The molecule has 0 spiro atoms. The highest BCUT2D eigenvalue weighted by Crippen LogP contribution is 2.27. The summed E-state index contributed by atoms with van der Waals surface area (Å²) in [5.74, 6) is 0. The maximum absolute atomic E-state index is 5.98. The SMILES string of the molecule is COC1CC(N2CCN(C)CC2)CCC1NC1CC(NC2CCNCN2)CCN1. The molecule has 8 nitrogen and oxygen atoms in total. The van der Waals surface area contributed by atoms with E-state index in [2.05, 4.69) is 43.4 Å². The van der Waals surface area contributed by atoms with Gasteiger partial charge in [0.05, 0.1) is 18.4 Å². The van der Waals surface area contributed by atoms with Gasteiger partial charge < -0.3 is 20.3 Å². The van der Waals surface area contributed by atoms with Gasteiger partial charge in [-0.15, -0.1) is 0 Å². The van der Waals surface area contributed by atoms with Crippen molar-refractivity contribution in [2.45, 2.75) is 75.1 Å². The number of hydrogen-bond acceptors (Lipinski definition) is 8. The first-order chi connectivity index (χ1) is 14.2. The summed E-state index contributed by atoms with van der Waals surface area (Å²) in [6.07, 6.45) is 8.30. The number of hydrogen-bond donors (Lipinski definition) is 5. The molecule has 6 unspecified atom stereocenters. The molecule has 4 rings (SSSR count). The molecule has 3 aliphatic heterocycles. The molecule has 1 aliphatic carbocycles. The van der Waals surface area contributed by atoms with Gasteiger partial charge in [-0.05, 0) is 58.7 Å². The van der Waals surface area contributed by atoms with E-state index in [9.17, 15) is 0 Å². The van der Waals surface area contributed by atoms with E-state index in [1.807, 2.05) is 7.11 Å². The van der Waals surface area contributed by atoms with E-state index in [1.54, 1.807) is 0 Å². The minimum Gasteiger partial charge on any atom is -0.380 e. The van der Waals surface area contributed by atoms with Crippen molar-refractivity contribution in [1.29, 1.82) is 0 Å². The van der Waals surface area contributed by atoms with Crippen LogP contribution in [0.2, 0.25) is 0 Å². The largest absolute Gasteiger partial charge is 0.380 e. The summed E-state index contributed by atoms with van der Waals surface area (Å²) in [6.45, 7) is 7.90. The van der Waals surface area contributed by atoms with Crippen molar-refractivity contribution in [3.63, 3.8) is 0 Å². The predicted octanol–water partition coefficient (Wildman–Crippen LogP) is -0.706. The van der Waals surface area contributed by atoms with Crippen LogP contribution in [0.25, 0.3) is 0 Å². The number of likely N-dealkylation sites (N-methyl/N-ethyl adjacent to an activating group) is 1. The van der Waals surface area contributed by atoms with Crippen LogP contribution in [0.5, 0.6) is 0 Å². The zero-order valence-corrected chi connectivity index (χ0v) is 18.5. The number of nitrogens with zero attached hydrogens (tertiary/aromatic N) is 2. The number of nitrogens with one attached hydrogen (secondary N) is 5. The van der Waals surface area contributed by atoms with Gasteiger partial charge in [0.2, 0.25) is 0 Å². The van der Waals surface area contributed by atoms with Gasteiger partial charge in [0.25, 0.3) is 0 Å². The standard InChI is InChI=1S/C21H43N7O/c1-27-9-11-28(12-10-27)17-3-4-18(19(14-17)29-2)26-21-13-16(5-8-23-21)25-20-6-7-22-15-24-20/h16-26H,3-15H2,1-2H3. The summed E-state index contributed by atoms with van der Waals surface area (Å²) >= 11 is 0. The van der Waals surface area contributed by atoms with E-state index in [-0.39, 0.29) is 0 Å². The zero-order chi connectivity index (χ0) is 20.1. The number of rotatable bonds is 6. The summed E-state index contributed by atoms with van der Waals surface area (Å²) < 4.78 is 5.98. The molecule has 1 saturated carbocycles. The van der Waals surface area contributed by atoms with Crippen LogP contribution >= 0.6 is 0 Å². The van der Waals surface area contributed by atoms with Crippen molar-refractivity contribution >= 4 is 0 Å². The number of methoxy groups -OCH3 is 1. The molecule has 0 bridgehead atoms. The normalized spacial score (nSPS) is 40.8. The molecular weight excluding hydrogens is 366 g/mol. The Morgan fingerprint density at radius 2 is 1.72 bits per heavy atom. The molecule has 4 aliphatic rings. The molecule has 3 heterocycles. The highest BCUT2D eigenvalue weighted by Gasteiger charge is 2.36. The molecule has 0 aromatic rings. The average Bonchev–Trinajstić information content (AvgIpc) is 2.76. The second-order valence-corrected chi connectivity index (χ2v) is 9.47. The number of ether oxygens (including phenoxy) is 1. The van der Waals surface area contributed by atoms with Crippen LogP contribution < -0.4 is 26.6 Å². The van der Waals surface area contributed by atoms with E-state index in [1.165, 1.54) is 45.4 Å². The lowest BCUT2D eigenvalue weighted by atomic mass is 9.86. The lowest BCUT2D eigenvalue weighted by molar-refractivity contribution is -0.0104. The Balaban J connectivity index is 1.24. The van der Waals surface area contributed by atoms with Crippen molar-refractivity contribution in [2.24, 2.45) is 0 Å². The van der Waals surface area contributed by atoms with Crippen molar-refractivity contribution in [3.8, 4) is 0 Å². The van der Waals surface area contributed by atoms with Crippen LogP contribution in [0.4, 0.5) is 0 Å². The Morgan fingerprint density at radius 1 is 0.862 bits per heavy atom. The minimum absolute atomic E-state index is 0.314. The van der Waals surface area contributed by atoms with Crippen LogP contribution in [0.15, 0.2) is 0 Å². The first kappa shape index (κ1) is 21.9. The first-order valence-electron chi connectivity index (χ1n) is 11.9. The Morgan fingerprint density at radius 3 is 2.48 bits per heavy atom. The van der Waals surface area contributed by atoms with Gasteiger partial charge in [0.1, 0.15) is 0 Å². The second kappa shape index (κ2) is 10.8. The fourth-order valence-corrected chi connectivity index (χ4v) is 5.59. The zero-order valence-electron chi connectivity index (χ0n) is 18.5. The minimum atomic E-state index is 0.314. The molecule has 8 heteroatoms. The van der Waals surface area contributed by atoms with Gasteiger partial charge in [-0.2, -0.15) is 0 Å². The summed E-state index contributed by atoms with van der Waals surface area (Å²) in [5.41, 5.74) is 0. The summed E-state index contributed by atoms with van der Waals surface area (Å²) in [6, 6.07) is 1.72. The molecule has 3 saturated heterocycles. The maximum atomic E-state index is 5.98. The fraction of sp³-hybridized carbons (Fsp3) is 1.00. The molecule has 168 valence electrons. The van der Waals surface area contributed by atoms with E-state index in [0.29, 0.717) is 36.6 Å². The quantitative estimate of drug-likeness (QED) is 0.394. The van der Waals surface area contributed by atoms with Crippen molar-refractivity contribution in [3.05, 3.63) is 0 Å². The van der Waals surface area contributed by atoms with Crippen LogP contribution in [-0.4, -0.2) is 106 Å². The Kier molecular flexibility index (Phi) is 8.17. The molecule has 0 radical (unpaired) electrons. The second-order valence-electron chi connectivity index (χ2n) is 9.47. The summed E-state index contributed by atoms with van der Waals surface area (Å²) in [4.78, 5) is 5.14. The maximum Gasteiger partial charge on any atom is 0.0739 e. The first-order valence-corrected chi connectivity index (χ1v) is 11.9. The van der Waals surface area contributed by atoms with Gasteiger partial charge in [-0.1, -0.05) is 0 Å². The summed E-state index contributed by atoms with van der Waals surface area (Å²) in [5, 5.41) is 18.3. The van der Waals surface area contributed by atoms with Gasteiger partial charge in [-0.3, -0.25) is 20.9 Å². The molecular formula is C21H43N7O. The molecule has 29 heavy (non-hydrogen) atoms. The third-order valence-electron chi connectivity index (χ3n) is 7.46. The Hall–Kier alpha value is -0.320. The van der Waals surface area contributed by atoms with Gasteiger partial charge in [0.15, 0.2) is 0 Å². The van der Waals surface area contributed by atoms with E-state index >= 15 is 0 Å². The van der Waals surface area contributed by atoms with Crippen LogP contribution in [0, 0.1) is 0 Å². The van der Waals surface area contributed by atoms with Crippen LogP contribution in [0.3, 0.4) is 0 Å². The highest BCUT2D eigenvalue weighted by molar-refractivity contribution is 4.94. The van der Waals surface area contributed by atoms with Gasteiger partial charge >= 0.3 is 0 Å². The number of piperidine rings is 1. The third-order valence-corrected chi connectivity index (χ3v) is 7.46. The van der Waals surface area contributed by atoms with Gasteiger partial charge in [-0.25, -0.2) is 0 Å². The Bertz CT molecular complexity index is 482. The van der Waals surface area contributed by atoms with Crippen LogP contribution in [-0.2, 0) is 4.74 Å². The van der Waals surface area contributed by atoms with Crippen molar-refractivity contribution < 1.29 is 4.74 Å². The number of piperazine rings is 1. The van der Waals surface area contributed by atoms with Crippen molar-refractivity contribution in [1.82, 2.24) is 36.4 Å². The predicted molar refractivity (Wildman–Crippen MR) is 117 cm³/mol. The molecule has 5 N–H and O–H groups in total. The van der Waals surface area contributed by atoms with Gasteiger partial charge in [0, 0.05) is 58.1 Å². The van der Waals surface area contributed by atoms with E-state index < -0.39 is 0 Å². The topological polar surface area (TPSA) is 75.9 Å². The average molecular weight is 410 g/mol. The lowest BCUT2D eigenvalue weighted by Crippen LogP contribution is -2.62. The van der Waals surface area contributed by atoms with E-state index in [4.69, 9.17) is 4.74 Å². The molecule has 0 aromatic carbocycles. The highest BCUT2D eigenvalue weighted by atomic mass is 16.5. The molecule has 0 amide bonds. The third kappa shape index (κ3) is 6.11. The molecule has 6 atom stereocenters. The lowest BCUT2D eigenvalue weighted by Gasteiger charge is -2.45. The molecule has 0 aromatic heterocycles. The smallest absolute Gasteiger partial charge is 0.0739 e. The summed E-state index contributed by atoms with van der Waals surface area (Å²) in [7, 11) is 4.13.